The Labute approximate surface area is 124 Å². The number of aryl methyl sites for hydroxylation is 1. The first-order valence-corrected chi connectivity index (χ1v) is 7.35. The van der Waals surface area contributed by atoms with Crippen LogP contribution in [-0.4, -0.2) is 16.0 Å². The fourth-order valence-electron chi connectivity index (χ4n) is 3.14. The van der Waals surface area contributed by atoms with Crippen LogP contribution in [0, 0.1) is 11.8 Å². The van der Waals surface area contributed by atoms with E-state index in [9.17, 15) is 13.2 Å². The first kappa shape index (κ1) is 15.8. The minimum atomic E-state index is -4.19. The minimum Gasteiger partial charge on any atom is -0.271 e. The highest BCUT2D eigenvalue weighted by atomic mass is 79.9. The van der Waals surface area contributed by atoms with Crippen molar-refractivity contribution in [3.8, 4) is 0 Å². The van der Waals surface area contributed by atoms with Gasteiger partial charge in [0.25, 0.3) is 0 Å². The average Bonchev–Trinajstić information content (AvgIpc) is 2.71. The Kier molecular flexibility index (Phi) is 4.76. The van der Waals surface area contributed by atoms with Gasteiger partial charge in [-0.15, -0.1) is 0 Å². The zero-order valence-corrected chi connectivity index (χ0v) is 12.7. The molecule has 1 aromatic rings. The molecule has 3 unspecified atom stereocenters. The molecule has 1 saturated carbocycles. The first-order chi connectivity index (χ1) is 9.36. The van der Waals surface area contributed by atoms with E-state index in [-0.39, 0.29) is 6.42 Å². The number of aromatic nitrogens is 2. The van der Waals surface area contributed by atoms with Crippen molar-refractivity contribution < 1.29 is 13.2 Å². The first-order valence-electron chi connectivity index (χ1n) is 6.56. The number of halogens is 4. The maximum absolute atomic E-state index is 13.2. The van der Waals surface area contributed by atoms with Crippen LogP contribution >= 0.6 is 15.9 Å². The predicted octanol–water partition coefficient (Wildman–Crippen LogP) is 3.06. The normalized spacial score (nSPS) is 25.7. The van der Waals surface area contributed by atoms with Crippen LogP contribution in [0.2, 0.25) is 0 Å². The molecule has 0 aliphatic heterocycles. The zero-order valence-electron chi connectivity index (χ0n) is 11.1. The summed E-state index contributed by atoms with van der Waals surface area (Å²) in [6.07, 6.45) is -0.524. The summed E-state index contributed by atoms with van der Waals surface area (Å²) >= 11 is 3.34. The number of hydrazine groups is 1. The molecule has 1 heterocycles. The zero-order chi connectivity index (χ0) is 14.9. The smallest absolute Gasteiger partial charge is 0.271 e. The van der Waals surface area contributed by atoms with Crippen LogP contribution in [0.5, 0.6) is 0 Å². The molecule has 0 aromatic carbocycles. The van der Waals surface area contributed by atoms with E-state index in [1.165, 1.54) is 0 Å². The molecule has 3 N–H and O–H groups in total. The molecule has 1 fully saturated rings. The quantitative estimate of drug-likeness (QED) is 0.647. The number of nitrogens with zero attached hydrogens (tertiary/aromatic N) is 2. The van der Waals surface area contributed by atoms with Crippen LogP contribution in [0.3, 0.4) is 0 Å². The van der Waals surface area contributed by atoms with Gasteiger partial charge in [0.05, 0.1) is 28.3 Å². The van der Waals surface area contributed by atoms with E-state index in [4.69, 9.17) is 5.84 Å². The van der Waals surface area contributed by atoms with Gasteiger partial charge in [0.2, 0.25) is 0 Å². The van der Waals surface area contributed by atoms with Crippen molar-refractivity contribution in [2.24, 2.45) is 24.7 Å². The van der Waals surface area contributed by atoms with Gasteiger partial charge in [-0.05, 0) is 34.7 Å². The lowest BCUT2D eigenvalue weighted by atomic mass is 9.74. The van der Waals surface area contributed by atoms with Gasteiger partial charge in [-0.1, -0.05) is 12.8 Å². The van der Waals surface area contributed by atoms with Crippen LogP contribution < -0.4 is 11.3 Å². The second kappa shape index (κ2) is 6.03. The Morgan fingerprint density at radius 2 is 2.10 bits per heavy atom. The summed E-state index contributed by atoms with van der Waals surface area (Å²) in [5.41, 5.74) is 3.23. The lowest BCUT2D eigenvalue weighted by Crippen LogP contribution is -2.43. The van der Waals surface area contributed by atoms with Crippen molar-refractivity contribution in [1.29, 1.82) is 0 Å². The standard InChI is InChI=1S/C12H18BrF3N4/c1-20-11(9(13)6-18-20)10(19-17)7-4-2-3-5-8(7)12(14,15)16/h6-8,10,19H,2-5,17H2,1H3. The van der Waals surface area contributed by atoms with Crippen molar-refractivity contribution >= 4 is 15.9 Å². The molecule has 0 bridgehead atoms. The molecule has 114 valence electrons. The predicted molar refractivity (Wildman–Crippen MR) is 72.5 cm³/mol. The number of rotatable bonds is 3. The number of nitrogens with one attached hydrogen (secondary N) is 1. The third kappa shape index (κ3) is 3.01. The third-order valence-electron chi connectivity index (χ3n) is 4.08. The molecule has 0 spiro atoms. The molecule has 2 rings (SSSR count). The van der Waals surface area contributed by atoms with Gasteiger partial charge in [0, 0.05) is 7.05 Å². The molecule has 1 aliphatic carbocycles. The van der Waals surface area contributed by atoms with Gasteiger partial charge >= 0.3 is 6.18 Å². The largest absolute Gasteiger partial charge is 0.392 e. The topological polar surface area (TPSA) is 55.9 Å². The number of alkyl halides is 3. The van der Waals surface area contributed by atoms with Crippen molar-refractivity contribution in [2.75, 3.05) is 0 Å². The number of nitrogens with two attached hydrogens (primary N) is 1. The SMILES string of the molecule is Cn1ncc(Br)c1C(NN)C1CCCCC1C(F)(F)F. The van der Waals surface area contributed by atoms with E-state index in [1.54, 1.807) is 17.9 Å². The van der Waals surface area contributed by atoms with Crippen LogP contribution in [0.1, 0.15) is 37.4 Å². The average molecular weight is 355 g/mol. The Hall–Kier alpha value is -0.600. The van der Waals surface area contributed by atoms with Crippen LogP contribution in [-0.2, 0) is 7.05 Å². The summed E-state index contributed by atoms with van der Waals surface area (Å²) in [5.74, 6) is 3.67. The van der Waals surface area contributed by atoms with E-state index in [0.717, 1.165) is 6.42 Å². The molecule has 8 heteroatoms. The summed E-state index contributed by atoms with van der Waals surface area (Å²) in [4.78, 5) is 0. The van der Waals surface area contributed by atoms with Crippen LogP contribution in [0.15, 0.2) is 10.7 Å². The van der Waals surface area contributed by atoms with Crippen LogP contribution in [0.4, 0.5) is 13.2 Å². The molecular formula is C12H18BrF3N4. The Balaban J connectivity index is 2.34. The third-order valence-corrected chi connectivity index (χ3v) is 4.69. The molecule has 4 nitrogen and oxygen atoms in total. The molecule has 0 radical (unpaired) electrons. The molecule has 0 saturated heterocycles. The Morgan fingerprint density at radius 3 is 2.60 bits per heavy atom. The van der Waals surface area contributed by atoms with Gasteiger partial charge in [-0.3, -0.25) is 16.0 Å². The Morgan fingerprint density at radius 1 is 1.45 bits per heavy atom. The van der Waals surface area contributed by atoms with Gasteiger partial charge in [-0.25, -0.2) is 0 Å². The highest BCUT2D eigenvalue weighted by Gasteiger charge is 2.48. The monoisotopic (exact) mass is 354 g/mol. The molecule has 20 heavy (non-hydrogen) atoms. The minimum absolute atomic E-state index is 0.168. The fourth-order valence-corrected chi connectivity index (χ4v) is 3.74. The number of hydrogen-bond donors (Lipinski definition) is 2. The van der Waals surface area contributed by atoms with Gasteiger partial charge < -0.3 is 0 Å². The van der Waals surface area contributed by atoms with Crippen molar-refractivity contribution in [1.82, 2.24) is 15.2 Å². The lowest BCUT2D eigenvalue weighted by molar-refractivity contribution is -0.199. The highest BCUT2D eigenvalue weighted by molar-refractivity contribution is 9.10. The molecule has 0 amide bonds. The van der Waals surface area contributed by atoms with Gasteiger partial charge in [0.1, 0.15) is 0 Å². The maximum atomic E-state index is 13.2. The number of hydrogen-bond acceptors (Lipinski definition) is 3. The summed E-state index contributed by atoms with van der Waals surface area (Å²) in [5, 5.41) is 4.06. The maximum Gasteiger partial charge on any atom is 0.392 e. The second-order valence-electron chi connectivity index (χ2n) is 5.24. The fraction of sp³-hybridized carbons (Fsp3) is 0.750. The van der Waals surface area contributed by atoms with Crippen molar-refractivity contribution in [3.63, 3.8) is 0 Å². The van der Waals surface area contributed by atoms with E-state index >= 15 is 0 Å². The Bertz CT molecular complexity index is 441. The lowest BCUT2D eigenvalue weighted by Gasteiger charge is -2.38. The van der Waals surface area contributed by atoms with Gasteiger partial charge in [-0.2, -0.15) is 18.3 Å². The van der Waals surface area contributed by atoms with Gasteiger partial charge in [0.15, 0.2) is 0 Å². The summed E-state index contributed by atoms with van der Waals surface area (Å²) in [7, 11) is 1.70. The van der Waals surface area contributed by atoms with Crippen molar-refractivity contribution in [2.45, 2.75) is 37.9 Å². The van der Waals surface area contributed by atoms with Crippen molar-refractivity contribution in [3.05, 3.63) is 16.4 Å². The molecule has 3 atom stereocenters. The van der Waals surface area contributed by atoms with E-state index in [2.05, 4.69) is 26.5 Å². The molecular weight excluding hydrogens is 337 g/mol. The van der Waals surface area contributed by atoms with Crippen LogP contribution in [0.25, 0.3) is 0 Å². The second-order valence-corrected chi connectivity index (χ2v) is 6.10. The summed E-state index contributed by atoms with van der Waals surface area (Å²) in [6, 6.07) is -0.566. The summed E-state index contributed by atoms with van der Waals surface area (Å²) < 4.78 is 41.9. The van der Waals surface area contributed by atoms with E-state index < -0.39 is 24.1 Å². The summed E-state index contributed by atoms with van der Waals surface area (Å²) in [6.45, 7) is 0. The highest BCUT2D eigenvalue weighted by Crippen LogP contribution is 2.47. The molecule has 1 aromatic heterocycles. The van der Waals surface area contributed by atoms with E-state index in [1.807, 2.05) is 0 Å². The van der Waals surface area contributed by atoms with E-state index in [0.29, 0.717) is 23.0 Å². The molecule has 1 aliphatic rings.